The summed E-state index contributed by atoms with van der Waals surface area (Å²) in [5.74, 6) is 0.0622. The minimum absolute atomic E-state index is 0.0622. The third-order valence-corrected chi connectivity index (χ3v) is 4.69. The van der Waals surface area contributed by atoms with Gasteiger partial charge in [0.1, 0.15) is 0 Å². The quantitative estimate of drug-likeness (QED) is 0.723. The van der Waals surface area contributed by atoms with E-state index in [1.54, 1.807) is 7.05 Å². The van der Waals surface area contributed by atoms with E-state index in [2.05, 4.69) is 5.32 Å². The molecule has 0 aromatic heterocycles. The van der Waals surface area contributed by atoms with E-state index in [1.165, 1.54) is 24.3 Å². The Labute approximate surface area is 98.2 Å². The molecular weight excluding hydrogens is 228 g/mol. The fourth-order valence-electron chi connectivity index (χ4n) is 1.85. The molecule has 5 nitrogen and oxygen atoms in total. The van der Waals surface area contributed by atoms with Gasteiger partial charge in [-0.1, -0.05) is 6.42 Å². The van der Waals surface area contributed by atoms with Crippen LogP contribution in [0.15, 0.2) is 0 Å². The van der Waals surface area contributed by atoms with Crippen molar-refractivity contribution >= 4 is 10.0 Å². The fourth-order valence-corrected chi connectivity index (χ4v) is 2.94. The lowest BCUT2D eigenvalue weighted by Crippen LogP contribution is -2.45. The van der Waals surface area contributed by atoms with Gasteiger partial charge in [0.05, 0.1) is 12.4 Å². The van der Waals surface area contributed by atoms with E-state index in [0.717, 1.165) is 13.0 Å². The van der Waals surface area contributed by atoms with E-state index < -0.39 is 10.0 Å². The van der Waals surface area contributed by atoms with Crippen molar-refractivity contribution < 1.29 is 13.2 Å². The molecule has 0 spiro atoms. The molecule has 6 heteroatoms. The van der Waals surface area contributed by atoms with Gasteiger partial charge in [0.2, 0.25) is 10.0 Å². The molecule has 1 aliphatic rings. The van der Waals surface area contributed by atoms with Crippen LogP contribution in [0.3, 0.4) is 0 Å². The summed E-state index contributed by atoms with van der Waals surface area (Å²) in [6.45, 7) is 1.81. The smallest absolute Gasteiger partial charge is 0.216 e. The third kappa shape index (κ3) is 4.37. The van der Waals surface area contributed by atoms with Crippen LogP contribution in [0.2, 0.25) is 0 Å². The number of nitrogens with zero attached hydrogens (tertiary/aromatic N) is 1. The number of rotatable bonds is 6. The van der Waals surface area contributed by atoms with Crippen molar-refractivity contribution in [2.45, 2.75) is 25.3 Å². The Bertz CT molecular complexity index is 286. The van der Waals surface area contributed by atoms with E-state index >= 15 is 0 Å². The van der Waals surface area contributed by atoms with Crippen LogP contribution in [0, 0.1) is 0 Å². The molecule has 16 heavy (non-hydrogen) atoms. The molecule has 0 aliphatic carbocycles. The largest absolute Gasteiger partial charge is 0.384 e. The Balaban J connectivity index is 2.40. The molecule has 1 heterocycles. The lowest BCUT2D eigenvalue weighted by atomic mass is 10.1. The van der Waals surface area contributed by atoms with Crippen molar-refractivity contribution in [1.29, 1.82) is 0 Å². The summed E-state index contributed by atoms with van der Waals surface area (Å²) in [5.41, 5.74) is 0. The number of hydrogen-bond donors (Lipinski definition) is 1. The minimum Gasteiger partial charge on any atom is -0.384 e. The summed E-state index contributed by atoms with van der Waals surface area (Å²) in [7, 11) is -0.00121. The Morgan fingerprint density at radius 2 is 2.19 bits per heavy atom. The van der Waals surface area contributed by atoms with Crippen LogP contribution >= 0.6 is 0 Å². The van der Waals surface area contributed by atoms with E-state index in [9.17, 15) is 8.42 Å². The second-order valence-corrected chi connectivity index (χ2v) is 6.43. The highest BCUT2D eigenvalue weighted by molar-refractivity contribution is 7.89. The number of nitrogens with one attached hydrogen (secondary N) is 1. The number of likely N-dealkylation sites (N-methyl/N-ethyl adjacent to an activating group) is 1. The maximum Gasteiger partial charge on any atom is 0.216 e. The average molecular weight is 250 g/mol. The van der Waals surface area contributed by atoms with Crippen LogP contribution in [-0.4, -0.2) is 58.4 Å². The van der Waals surface area contributed by atoms with Gasteiger partial charge in [0, 0.05) is 26.7 Å². The molecule has 1 fully saturated rings. The van der Waals surface area contributed by atoms with Crippen LogP contribution < -0.4 is 5.32 Å². The highest BCUT2D eigenvalue weighted by Crippen LogP contribution is 2.09. The standard InChI is InChI=1S/C10H22N2O3S/c1-12(16(13,14)8-7-15-2)9-10-5-3-4-6-11-10/h10-11H,3-9H2,1-2H3. The second-order valence-electron chi connectivity index (χ2n) is 4.24. The highest BCUT2D eigenvalue weighted by atomic mass is 32.2. The van der Waals surface area contributed by atoms with Gasteiger partial charge >= 0.3 is 0 Å². The Morgan fingerprint density at radius 1 is 1.44 bits per heavy atom. The average Bonchev–Trinajstić information content (AvgIpc) is 2.28. The van der Waals surface area contributed by atoms with Crippen molar-refractivity contribution in [2.75, 3.05) is 39.6 Å². The van der Waals surface area contributed by atoms with Crippen molar-refractivity contribution in [2.24, 2.45) is 0 Å². The Morgan fingerprint density at radius 3 is 2.75 bits per heavy atom. The van der Waals surface area contributed by atoms with E-state index in [1.807, 2.05) is 0 Å². The maximum atomic E-state index is 11.8. The number of methoxy groups -OCH3 is 1. The molecular formula is C10H22N2O3S. The number of ether oxygens (including phenoxy) is 1. The van der Waals surface area contributed by atoms with Gasteiger partial charge in [0.25, 0.3) is 0 Å². The predicted octanol–water partition coefficient (Wildman–Crippen LogP) is 0.0365. The van der Waals surface area contributed by atoms with Crippen LogP contribution in [-0.2, 0) is 14.8 Å². The second kappa shape index (κ2) is 6.54. The van der Waals surface area contributed by atoms with Crippen molar-refractivity contribution in [3.63, 3.8) is 0 Å². The summed E-state index contributed by atoms with van der Waals surface area (Å²) in [6, 6.07) is 0.302. The first kappa shape index (κ1) is 13.9. The molecule has 96 valence electrons. The Kier molecular flexibility index (Phi) is 5.68. The molecule has 1 N–H and O–H groups in total. The van der Waals surface area contributed by atoms with Gasteiger partial charge in [-0.3, -0.25) is 0 Å². The molecule has 1 aliphatic heterocycles. The number of piperidine rings is 1. The van der Waals surface area contributed by atoms with Crippen molar-refractivity contribution in [1.82, 2.24) is 9.62 Å². The van der Waals surface area contributed by atoms with Gasteiger partial charge in [-0.05, 0) is 19.4 Å². The van der Waals surface area contributed by atoms with Crippen molar-refractivity contribution in [3.05, 3.63) is 0 Å². The molecule has 0 aromatic rings. The SMILES string of the molecule is COCCS(=O)(=O)N(C)CC1CCCCN1. The molecule has 1 unspecified atom stereocenters. The summed E-state index contributed by atoms with van der Waals surface area (Å²) in [5, 5.41) is 3.34. The van der Waals surface area contributed by atoms with E-state index in [0.29, 0.717) is 12.6 Å². The van der Waals surface area contributed by atoms with Gasteiger partial charge < -0.3 is 10.1 Å². The van der Waals surface area contributed by atoms with E-state index in [4.69, 9.17) is 4.74 Å². The molecule has 0 radical (unpaired) electrons. The minimum atomic E-state index is -3.15. The van der Waals surface area contributed by atoms with Crippen LogP contribution in [0.25, 0.3) is 0 Å². The summed E-state index contributed by atoms with van der Waals surface area (Å²) in [6.07, 6.45) is 3.43. The van der Waals surface area contributed by atoms with Crippen molar-refractivity contribution in [3.8, 4) is 0 Å². The molecule has 0 saturated carbocycles. The van der Waals surface area contributed by atoms with Gasteiger partial charge in [-0.15, -0.1) is 0 Å². The lowest BCUT2D eigenvalue weighted by Gasteiger charge is -2.27. The maximum absolute atomic E-state index is 11.8. The first-order valence-electron chi connectivity index (χ1n) is 5.72. The molecule has 0 aromatic carbocycles. The zero-order chi connectivity index (χ0) is 12.0. The van der Waals surface area contributed by atoms with Gasteiger partial charge in [-0.25, -0.2) is 12.7 Å². The summed E-state index contributed by atoms with van der Waals surface area (Å²) < 4.78 is 29.8. The van der Waals surface area contributed by atoms with Crippen LogP contribution in [0.4, 0.5) is 0 Å². The third-order valence-electron chi connectivity index (χ3n) is 2.91. The first-order chi connectivity index (χ1) is 7.56. The molecule has 0 amide bonds. The monoisotopic (exact) mass is 250 g/mol. The molecule has 0 bridgehead atoms. The first-order valence-corrected chi connectivity index (χ1v) is 7.33. The van der Waals surface area contributed by atoms with E-state index in [-0.39, 0.29) is 12.4 Å². The Hall–Kier alpha value is -0.170. The summed E-state index contributed by atoms with van der Waals surface area (Å²) >= 11 is 0. The normalized spacial score (nSPS) is 22.6. The number of sulfonamides is 1. The molecule has 1 rings (SSSR count). The molecule has 1 saturated heterocycles. The van der Waals surface area contributed by atoms with Crippen LogP contribution in [0.5, 0.6) is 0 Å². The number of hydrogen-bond acceptors (Lipinski definition) is 4. The highest BCUT2D eigenvalue weighted by Gasteiger charge is 2.22. The van der Waals surface area contributed by atoms with Gasteiger partial charge in [0.15, 0.2) is 0 Å². The zero-order valence-corrected chi connectivity index (χ0v) is 10.9. The van der Waals surface area contributed by atoms with Crippen LogP contribution in [0.1, 0.15) is 19.3 Å². The lowest BCUT2D eigenvalue weighted by molar-refractivity contribution is 0.215. The van der Waals surface area contributed by atoms with Gasteiger partial charge in [-0.2, -0.15) is 0 Å². The predicted molar refractivity (Wildman–Crippen MR) is 63.9 cm³/mol. The topological polar surface area (TPSA) is 58.6 Å². The summed E-state index contributed by atoms with van der Waals surface area (Å²) in [4.78, 5) is 0. The zero-order valence-electron chi connectivity index (χ0n) is 10.1. The fraction of sp³-hybridized carbons (Fsp3) is 1.00. The molecule has 1 atom stereocenters.